The van der Waals surface area contributed by atoms with Crippen LogP contribution in [0.3, 0.4) is 0 Å². The molecule has 0 amide bonds. The molecule has 0 fully saturated rings. The van der Waals surface area contributed by atoms with Crippen molar-refractivity contribution in [2.75, 3.05) is 0 Å². The Morgan fingerprint density at radius 2 is 1.81 bits per heavy atom. The molecule has 0 radical (unpaired) electrons. The zero-order valence-electron chi connectivity index (χ0n) is 11.0. The number of aromatic carboxylic acids is 1. The molecule has 0 saturated heterocycles. The molecule has 3 rings (SSSR count). The van der Waals surface area contributed by atoms with Crippen molar-refractivity contribution in [1.29, 1.82) is 0 Å². The molecule has 0 aromatic heterocycles. The molecule has 21 heavy (non-hydrogen) atoms. The summed E-state index contributed by atoms with van der Waals surface area (Å²) in [5.74, 6) is -0.947. The fourth-order valence-electron chi connectivity index (χ4n) is 2.46. The van der Waals surface area contributed by atoms with Crippen LogP contribution in [0, 0.1) is 0 Å². The van der Waals surface area contributed by atoms with E-state index in [-0.39, 0.29) is 17.1 Å². The number of hydrogen-bond acceptors (Lipinski definition) is 3. The number of carbonyl (C=O) groups is 2. The monoisotopic (exact) mass is 280 g/mol. The molecule has 1 aliphatic carbocycles. The topological polar surface area (TPSA) is 74.6 Å². The summed E-state index contributed by atoms with van der Waals surface area (Å²) in [7, 11) is 0. The Morgan fingerprint density at radius 3 is 2.43 bits per heavy atom. The predicted molar refractivity (Wildman–Crippen MR) is 77.5 cm³/mol. The van der Waals surface area contributed by atoms with Gasteiger partial charge in [0.1, 0.15) is 5.75 Å². The maximum absolute atomic E-state index is 12.3. The minimum absolute atomic E-state index is 0.0942. The summed E-state index contributed by atoms with van der Waals surface area (Å²) in [6.07, 6.45) is 2.12. The van der Waals surface area contributed by atoms with Crippen LogP contribution in [-0.2, 0) is 6.42 Å². The van der Waals surface area contributed by atoms with Crippen LogP contribution in [0.4, 0.5) is 0 Å². The van der Waals surface area contributed by atoms with Gasteiger partial charge in [0.25, 0.3) is 0 Å². The summed E-state index contributed by atoms with van der Waals surface area (Å²) in [5.41, 5.74) is 2.74. The van der Waals surface area contributed by atoms with Gasteiger partial charge in [0.15, 0.2) is 5.78 Å². The van der Waals surface area contributed by atoms with Crippen LogP contribution in [0.5, 0.6) is 5.75 Å². The van der Waals surface area contributed by atoms with E-state index in [0.717, 1.165) is 5.56 Å². The molecule has 0 saturated carbocycles. The first kappa shape index (κ1) is 13.1. The van der Waals surface area contributed by atoms with Gasteiger partial charge in [0.05, 0.1) is 5.56 Å². The number of benzene rings is 2. The van der Waals surface area contributed by atoms with Gasteiger partial charge in [-0.3, -0.25) is 4.79 Å². The minimum atomic E-state index is -0.983. The lowest BCUT2D eigenvalue weighted by Crippen LogP contribution is -1.96. The fourth-order valence-corrected chi connectivity index (χ4v) is 2.46. The van der Waals surface area contributed by atoms with E-state index in [2.05, 4.69) is 0 Å². The molecule has 4 nitrogen and oxygen atoms in total. The van der Waals surface area contributed by atoms with Gasteiger partial charge < -0.3 is 10.2 Å². The molecular weight excluding hydrogens is 268 g/mol. The first-order valence-corrected chi connectivity index (χ1v) is 6.46. The highest BCUT2D eigenvalue weighted by Crippen LogP contribution is 2.33. The number of ketones is 1. The summed E-state index contributed by atoms with van der Waals surface area (Å²) >= 11 is 0. The van der Waals surface area contributed by atoms with E-state index >= 15 is 0 Å². The smallest absolute Gasteiger partial charge is 0.335 e. The Morgan fingerprint density at radius 1 is 1.10 bits per heavy atom. The van der Waals surface area contributed by atoms with E-state index in [0.29, 0.717) is 23.1 Å². The fraction of sp³-hybridized carbons (Fsp3) is 0.0588. The lowest BCUT2D eigenvalue weighted by molar-refractivity contribution is 0.0696. The van der Waals surface area contributed by atoms with E-state index in [1.165, 1.54) is 12.1 Å². The van der Waals surface area contributed by atoms with Gasteiger partial charge in [-0.1, -0.05) is 24.3 Å². The molecule has 2 N–H and O–H groups in total. The molecule has 0 atom stereocenters. The Kier molecular flexibility index (Phi) is 3.06. The van der Waals surface area contributed by atoms with Crippen molar-refractivity contribution in [3.05, 3.63) is 70.3 Å². The molecule has 0 bridgehead atoms. The van der Waals surface area contributed by atoms with Crippen molar-refractivity contribution >= 4 is 17.8 Å². The standard InChI is InChI=1S/C17H12O4/c18-15-3-1-2-13-14(15)9-12(16(13)19)8-10-4-6-11(7-5-10)17(20)21/h1-8,18H,9H2,(H,20,21)/b12-8+. The SMILES string of the molecule is O=C(O)c1ccc(/C=C2\Cc3c(O)cccc3C2=O)cc1. The van der Waals surface area contributed by atoms with E-state index in [4.69, 9.17) is 5.11 Å². The van der Waals surface area contributed by atoms with Crippen molar-refractivity contribution in [2.24, 2.45) is 0 Å². The maximum Gasteiger partial charge on any atom is 0.335 e. The normalized spacial score (nSPS) is 15.2. The number of hydrogen-bond donors (Lipinski definition) is 2. The highest BCUT2D eigenvalue weighted by molar-refractivity contribution is 6.16. The number of rotatable bonds is 2. The van der Waals surface area contributed by atoms with Gasteiger partial charge >= 0.3 is 5.97 Å². The van der Waals surface area contributed by atoms with Crippen LogP contribution >= 0.6 is 0 Å². The zero-order valence-corrected chi connectivity index (χ0v) is 11.0. The largest absolute Gasteiger partial charge is 0.508 e. The van der Waals surface area contributed by atoms with Crippen LogP contribution in [0.2, 0.25) is 0 Å². The summed E-state index contributed by atoms with van der Waals surface area (Å²) in [4.78, 5) is 23.1. The first-order valence-electron chi connectivity index (χ1n) is 6.46. The lowest BCUT2D eigenvalue weighted by Gasteiger charge is -1.98. The quantitative estimate of drug-likeness (QED) is 0.829. The molecular formula is C17H12O4. The van der Waals surface area contributed by atoms with Gasteiger partial charge in [0, 0.05) is 23.1 Å². The highest BCUT2D eigenvalue weighted by Gasteiger charge is 2.26. The van der Waals surface area contributed by atoms with Crippen molar-refractivity contribution in [1.82, 2.24) is 0 Å². The molecule has 104 valence electrons. The average Bonchev–Trinajstić information content (AvgIpc) is 2.78. The Bertz CT molecular complexity index is 770. The average molecular weight is 280 g/mol. The highest BCUT2D eigenvalue weighted by atomic mass is 16.4. The predicted octanol–water partition coefficient (Wildman–Crippen LogP) is 2.91. The molecule has 0 heterocycles. The molecule has 0 spiro atoms. The third-order valence-corrected chi connectivity index (χ3v) is 3.55. The number of aromatic hydroxyl groups is 1. The van der Waals surface area contributed by atoms with E-state index in [1.54, 1.807) is 36.4 Å². The minimum Gasteiger partial charge on any atom is -0.508 e. The van der Waals surface area contributed by atoms with E-state index in [9.17, 15) is 14.7 Å². The third kappa shape index (κ3) is 2.31. The Balaban J connectivity index is 1.94. The second-order valence-corrected chi connectivity index (χ2v) is 4.91. The lowest BCUT2D eigenvalue weighted by atomic mass is 10.1. The number of carboxylic acids is 1. The number of fused-ring (bicyclic) bond motifs is 1. The van der Waals surface area contributed by atoms with Gasteiger partial charge in [-0.25, -0.2) is 4.79 Å². The summed E-state index contributed by atoms with van der Waals surface area (Å²) in [6.45, 7) is 0. The van der Waals surface area contributed by atoms with Crippen LogP contribution in [0.15, 0.2) is 48.0 Å². The van der Waals surface area contributed by atoms with Crippen molar-refractivity contribution in [2.45, 2.75) is 6.42 Å². The van der Waals surface area contributed by atoms with Crippen LogP contribution in [0.1, 0.15) is 31.8 Å². The molecule has 4 heteroatoms. The summed E-state index contributed by atoms with van der Waals surface area (Å²) < 4.78 is 0. The zero-order chi connectivity index (χ0) is 15.0. The molecule has 1 aliphatic rings. The second-order valence-electron chi connectivity index (χ2n) is 4.91. The van der Waals surface area contributed by atoms with Crippen LogP contribution in [0.25, 0.3) is 6.08 Å². The third-order valence-electron chi connectivity index (χ3n) is 3.55. The van der Waals surface area contributed by atoms with Crippen LogP contribution < -0.4 is 0 Å². The molecule has 2 aromatic carbocycles. The summed E-state index contributed by atoms with van der Waals surface area (Å²) in [6, 6.07) is 11.2. The van der Waals surface area contributed by atoms with Crippen molar-refractivity contribution in [3.63, 3.8) is 0 Å². The van der Waals surface area contributed by atoms with Crippen molar-refractivity contribution in [3.8, 4) is 5.75 Å². The Hall–Kier alpha value is -2.88. The number of Topliss-reactive ketones (excluding diaryl/α,β-unsaturated/α-hetero) is 1. The maximum atomic E-state index is 12.3. The molecule has 0 aliphatic heterocycles. The first-order chi connectivity index (χ1) is 10.1. The van der Waals surface area contributed by atoms with Gasteiger partial charge in [0.2, 0.25) is 0 Å². The van der Waals surface area contributed by atoms with E-state index in [1.807, 2.05) is 0 Å². The number of phenols is 1. The van der Waals surface area contributed by atoms with Crippen LogP contribution in [-0.4, -0.2) is 22.0 Å². The van der Waals surface area contributed by atoms with Gasteiger partial charge in [-0.15, -0.1) is 0 Å². The summed E-state index contributed by atoms with van der Waals surface area (Å²) in [5, 5.41) is 18.6. The number of carboxylic acid groups (broad SMARTS) is 1. The van der Waals surface area contributed by atoms with Gasteiger partial charge in [-0.05, 0) is 29.8 Å². The number of allylic oxidation sites excluding steroid dienone is 1. The van der Waals surface area contributed by atoms with E-state index < -0.39 is 5.97 Å². The van der Waals surface area contributed by atoms with Crippen molar-refractivity contribution < 1.29 is 19.8 Å². The molecule has 2 aromatic rings. The molecule has 0 unspecified atom stereocenters. The van der Waals surface area contributed by atoms with Gasteiger partial charge in [-0.2, -0.15) is 0 Å². The number of carbonyl (C=O) groups excluding carboxylic acids is 1. The second kappa shape index (κ2) is 4.90. The Labute approximate surface area is 121 Å². The number of phenolic OH excluding ortho intramolecular Hbond substituents is 1.